The number of imide groups is 1. The summed E-state index contributed by atoms with van der Waals surface area (Å²) in [7, 11) is 1.51. The number of carbonyl (C=O) groups excluding carboxylic acids is 3. The molecule has 0 bridgehead atoms. The monoisotopic (exact) mass is 457 g/mol. The van der Waals surface area contributed by atoms with Crippen LogP contribution in [-0.2, 0) is 19.1 Å². The van der Waals surface area contributed by atoms with E-state index >= 15 is 0 Å². The Kier molecular flexibility index (Phi) is 7.66. The van der Waals surface area contributed by atoms with E-state index in [0.29, 0.717) is 41.7 Å². The fourth-order valence-corrected chi connectivity index (χ4v) is 3.29. The molecule has 0 atom stereocenters. The molecule has 0 saturated heterocycles. The van der Waals surface area contributed by atoms with Gasteiger partial charge in [0.05, 0.1) is 30.0 Å². The summed E-state index contributed by atoms with van der Waals surface area (Å²) < 4.78 is 15.6. The summed E-state index contributed by atoms with van der Waals surface area (Å²) in [5, 5.41) is -0.158. The molecule has 3 rings (SSSR count). The molecule has 32 heavy (non-hydrogen) atoms. The fraction of sp³-hybridized carbons (Fsp3) is 0.292. The van der Waals surface area contributed by atoms with Crippen LogP contribution in [0.3, 0.4) is 0 Å². The van der Waals surface area contributed by atoms with Crippen LogP contribution in [0.1, 0.15) is 29.8 Å². The van der Waals surface area contributed by atoms with Crippen LogP contribution in [0.4, 0.5) is 5.69 Å². The first kappa shape index (κ1) is 23.5. The second-order valence-electron chi connectivity index (χ2n) is 7.54. The van der Waals surface area contributed by atoms with Gasteiger partial charge in [-0.1, -0.05) is 37.6 Å². The number of rotatable bonds is 9. The summed E-state index contributed by atoms with van der Waals surface area (Å²) in [4.78, 5) is 38.8. The van der Waals surface area contributed by atoms with Crippen molar-refractivity contribution in [3.8, 4) is 5.75 Å². The van der Waals surface area contributed by atoms with E-state index in [9.17, 15) is 14.4 Å². The Morgan fingerprint density at radius 3 is 2.22 bits per heavy atom. The van der Waals surface area contributed by atoms with Gasteiger partial charge in [-0.3, -0.25) is 9.59 Å². The van der Waals surface area contributed by atoms with Gasteiger partial charge in [0, 0.05) is 7.11 Å². The molecular weight excluding hydrogens is 434 g/mol. The molecule has 0 fully saturated rings. The minimum atomic E-state index is -0.623. The van der Waals surface area contributed by atoms with Gasteiger partial charge in [0.25, 0.3) is 11.8 Å². The third kappa shape index (κ3) is 5.18. The van der Waals surface area contributed by atoms with Crippen molar-refractivity contribution >= 4 is 40.6 Å². The topological polar surface area (TPSA) is 82.1 Å². The highest BCUT2D eigenvalue weighted by Gasteiger charge is 2.39. The van der Waals surface area contributed by atoms with Crippen LogP contribution in [0.2, 0.25) is 0 Å². The molecule has 0 N–H and O–H groups in total. The number of anilines is 1. The molecule has 0 aliphatic carbocycles. The zero-order chi connectivity index (χ0) is 23.3. The summed E-state index contributed by atoms with van der Waals surface area (Å²) in [6.45, 7) is 5.09. The van der Waals surface area contributed by atoms with Crippen LogP contribution in [0.15, 0.2) is 53.6 Å². The SMILES string of the molecule is COCCOC(=O)c1ccc(N2C(=O)C(Cl)=C(c3ccc(OCC(C)C)cc3)C2=O)cc1. The summed E-state index contributed by atoms with van der Waals surface area (Å²) >= 11 is 6.25. The van der Waals surface area contributed by atoms with Gasteiger partial charge in [0.1, 0.15) is 17.4 Å². The Morgan fingerprint density at radius 1 is 0.969 bits per heavy atom. The summed E-state index contributed by atoms with van der Waals surface area (Å²) in [6.07, 6.45) is 0. The molecule has 0 saturated carbocycles. The minimum Gasteiger partial charge on any atom is -0.493 e. The third-order valence-electron chi connectivity index (χ3n) is 4.64. The van der Waals surface area contributed by atoms with Gasteiger partial charge < -0.3 is 14.2 Å². The van der Waals surface area contributed by atoms with E-state index in [2.05, 4.69) is 0 Å². The standard InChI is InChI=1S/C24H24ClNO6/c1-15(2)14-32-19-10-6-16(7-11-19)20-21(25)23(28)26(22(20)27)18-8-4-17(5-9-18)24(29)31-13-12-30-3/h4-11,15H,12-14H2,1-3H3. The minimum absolute atomic E-state index is 0.120. The van der Waals surface area contributed by atoms with E-state index in [1.54, 1.807) is 24.3 Å². The normalized spacial score (nSPS) is 13.8. The van der Waals surface area contributed by atoms with E-state index in [0.717, 1.165) is 4.90 Å². The summed E-state index contributed by atoms with van der Waals surface area (Å²) in [5.74, 6) is -0.633. The van der Waals surface area contributed by atoms with Crippen LogP contribution < -0.4 is 9.64 Å². The van der Waals surface area contributed by atoms with E-state index in [1.165, 1.54) is 31.4 Å². The highest BCUT2D eigenvalue weighted by Crippen LogP contribution is 2.35. The fourth-order valence-electron chi connectivity index (χ4n) is 3.02. The molecule has 0 spiro atoms. The van der Waals surface area contributed by atoms with Gasteiger partial charge >= 0.3 is 5.97 Å². The molecule has 1 aliphatic heterocycles. The first-order valence-electron chi connectivity index (χ1n) is 10.1. The molecule has 2 aromatic rings. The molecule has 0 unspecified atom stereocenters. The maximum absolute atomic E-state index is 13.0. The number of ether oxygens (including phenoxy) is 3. The van der Waals surface area contributed by atoms with Crippen LogP contribution in [-0.4, -0.2) is 44.7 Å². The van der Waals surface area contributed by atoms with Crippen LogP contribution >= 0.6 is 11.6 Å². The first-order valence-corrected chi connectivity index (χ1v) is 10.5. The number of esters is 1. The molecule has 168 valence electrons. The lowest BCUT2D eigenvalue weighted by molar-refractivity contribution is -0.119. The van der Waals surface area contributed by atoms with Gasteiger partial charge in [-0.15, -0.1) is 0 Å². The van der Waals surface area contributed by atoms with Crippen LogP contribution in [0.25, 0.3) is 5.57 Å². The Balaban J connectivity index is 1.75. The second-order valence-corrected chi connectivity index (χ2v) is 7.92. The molecule has 7 nitrogen and oxygen atoms in total. The molecule has 0 aromatic heterocycles. The molecule has 2 aromatic carbocycles. The number of benzene rings is 2. The van der Waals surface area contributed by atoms with E-state index in [4.69, 9.17) is 25.8 Å². The molecule has 1 heterocycles. The number of hydrogen-bond acceptors (Lipinski definition) is 6. The van der Waals surface area contributed by atoms with E-state index < -0.39 is 17.8 Å². The number of halogens is 1. The largest absolute Gasteiger partial charge is 0.493 e. The van der Waals surface area contributed by atoms with E-state index in [-0.39, 0.29) is 17.2 Å². The van der Waals surface area contributed by atoms with Gasteiger partial charge in [0.2, 0.25) is 0 Å². The van der Waals surface area contributed by atoms with Crippen molar-refractivity contribution in [1.82, 2.24) is 0 Å². The Hall–Kier alpha value is -3.16. The zero-order valence-electron chi connectivity index (χ0n) is 18.1. The van der Waals surface area contributed by atoms with Crippen molar-refractivity contribution < 1.29 is 28.6 Å². The summed E-state index contributed by atoms with van der Waals surface area (Å²) in [5.41, 5.74) is 1.24. The van der Waals surface area contributed by atoms with Gasteiger partial charge in [0.15, 0.2) is 0 Å². The molecule has 2 amide bonds. The average molecular weight is 458 g/mol. The Morgan fingerprint density at radius 2 is 1.62 bits per heavy atom. The molecule has 0 radical (unpaired) electrons. The van der Waals surface area contributed by atoms with Gasteiger partial charge in [-0.25, -0.2) is 9.69 Å². The maximum atomic E-state index is 13.0. The van der Waals surface area contributed by atoms with Crippen molar-refractivity contribution in [3.63, 3.8) is 0 Å². The van der Waals surface area contributed by atoms with Crippen molar-refractivity contribution in [2.24, 2.45) is 5.92 Å². The maximum Gasteiger partial charge on any atom is 0.338 e. The van der Waals surface area contributed by atoms with Crippen LogP contribution in [0.5, 0.6) is 5.75 Å². The average Bonchev–Trinajstić information content (AvgIpc) is 3.01. The second kappa shape index (κ2) is 10.4. The highest BCUT2D eigenvalue weighted by molar-refractivity contribution is 6.60. The van der Waals surface area contributed by atoms with Crippen LogP contribution in [0, 0.1) is 5.92 Å². The predicted molar refractivity (Wildman–Crippen MR) is 121 cm³/mol. The Bertz CT molecular complexity index is 1030. The lowest BCUT2D eigenvalue weighted by Gasteiger charge is -2.15. The molecule has 1 aliphatic rings. The lowest BCUT2D eigenvalue weighted by atomic mass is 10.1. The van der Waals surface area contributed by atoms with Crippen molar-refractivity contribution in [2.75, 3.05) is 31.8 Å². The smallest absolute Gasteiger partial charge is 0.338 e. The first-order chi connectivity index (χ1) is 15.3. The lowest BCUT2D eigenvalue weighted by Crippen LogP contribution is -2.31. The quantitative estimate of drug-likeness (QED) is 0.321. The Labute approximate surface area is 191 Å². The highest BCUT2D eigenvalue weighted by atomic mass is 35.5. The summed E-state index contributed by atoms with van der Waals surface area (Å²) in [6, 6.07) is 12.8. The number of nitrogens with zero attached hydrogens (tertiary/aromatic N) is 1. The third-order valence-corrected chi connectivity index (χ3v) is 4.99. The number of carbonyl (C=O) groups is 3. The molecule has 8 heteroatoms. The van der Waals surface area contributed by atoms with Crippen molar-refractivity contribution in [1.29, 1.82) is 0 Å². The number of amides is 2. The van der Waals surface area contributed by atoms with Gasteiger partial charge in [-0.2, -0.15) is 0 Å². The van der Waals surface area contributed by atoms with Crippen molar-refractivity contribution in [3.05, 3.63) is 64.7 Å². The van der Waals surface area contributed by atoms with E-state index in [1.807, 2.05) is 13.8 Å². The van der Waals surface area contributed by atoms with Crippen molar-refractivity contribution in [2.45, 2.75) is 13.8 Å². The van der Waals surface area contributed by atoms with Gasteiger partial charge in [-0.05, 0) is 47.9 Å². The number of hydrogen-bond donors (Lipinski definition) is 0. The predicted octanol–water partition coefficient (Wildman–Crippen LogP) is 4.05. The zero-order valence-corrected chi connectivity index (χ0v) is 18.8. The molecular formula is C24H24ClNO6. The number of methoxy groups -OCH3 is 1.